The Bertz CT molecular complexity index is 388. The van der Waals surface area contributed by atoms with Crippen LogP contribution < -0.4 is 15.4 Å². The fourth-order valence-electron chi connectivity index (χ4n) is 1.79. The van der Waals surface area contributed by atoms with Gasteiger partial charge in [0.1, 0.15) is 12.4 Å². The standard InChI is InChI=1S/C13H18N2O2S/c1-14-13(18)15-10-4-6-11(7-5-10)17-9-12-3-2-8-16-12/h4-7,12H,2-3,8-9H2,1H3,(H2,14,15,18)/t12-/m0/s1. The molecule has 1 heterocycles. The van der Waals surface area contributed by atoms with Crippen molar-refractivity contribution in [1.29, 1.82) is 0 Å². The summed E-state index contributed by atoms with van der Waals surface area (Å²) in [5.74, 6) is 0.853. The van der Waals surface area contributed by atoms with E-state index in [0.717, 1.165) is 30.9 Å². The van der Waals surface area contributed by atoms with Crippen molar-refractivity contribution in [3.8, 4) is 5.75 Å². The van der Waals surface area contributed by atoms with Crippen molar-refractivity contribution in [2.45, 2.75) is 18.9 Å². The van der Waals surface area contributed by atoms with Gasteiger partial charge in [-0.25, -0.2) is 0 Å². The Hall–Kier alpha value is -1.33. The molecule has 0 unspecified atom stereocenters. The molecule has 0 aliphatic carbocycles. The molecule has 1 aliphatic rings. The van der Waals surface area contributed by atoms with Crippen LogP contribution in [-0.4, -0.2) is 31.5 Å². The maximum absolute atomic E-state index is 5.67. The van der Waals surface area contributed by atoms with Crippen LogP contribution in [0.25, 0.3) is 0 Å². The molecule has 1 aromatic carbocycles. The topological polar surface area (TPSA) is 42.5 Å². The maximum Gasteiger partial charge on any atom is 0.170 e. The predicted molar refractivity (Wildman–Crippen MR) is 76.2 cm³/mol. The van der Waals surface area contributed by atoms with Crippen LogP contribution in [0.5, 0.6) is 5.75 Å². The summed E-state index contributed by atoms with van der Waals surface area (Å²) in [6.45, 7) is 1.49. The number of rotatable bonds is 4. The Kier molecular flexibility index (Phi) is 4.78. The second-order valence-corrected chi connectivity index (χ2v) is 4.58. The highest BCUT2D eigenvalue weighted by Gasteiger charge is 2.15. The van der Waals surface area contributed by atoms with Crippen molar-refractivity contribution in [3.05, 3.63) is 24.3 Å². The van der Waals surface area contributed by atoms with Crippen LogP contribution in [-0.2, 0) is 4.74 Å². The van der Waals surface area contributed by atoms with Gasteiger partial charge in [0.15, 0.2) is 5.11 Å². The fourth-order valence-corrected chi connectivity index (χ4v) is 1.91. The van der Waals surface area contributed by atoms with E-state index < -0.39 is 0 Å². The lowest BCUT2D eigenvalue weighted by Crippen LogP contribution is -2.24. The molecule has 0 bridgehead atoms. The minimum atomic E-state index is 0.250. The van der Waals surface area contributed by atoms with Gasteiger partial charge in [-0.05, 0) is 49.3 Å². The SMILES string of the molecule is CNC(=S)Nc1ccc(OC[C@@H]2CCCO2)cc1. The molecule has 1 fully saturated rings. The van der Waals surface area contributed by atoms with E-state index >= 15 is 0 Å². The number of hydrogen-bond acceptors (Lipinski definition) is 3. The Morgan fingerprint density at radius 2 is 2.22 bits per heavy atom. The third-order valence-corrected chi connectivity index (χ3v) is 3.11. The highest BCUT2D eigenvalue weighted by molar-refractivity contribution is 7.80. The van der Waals surface area contributed by atoms with E-state index in [9.17, 15) is 0 Å². The van der Waals surface area contributed by atoms with Crippen molar-refractivity contribution >= 4 is 23.0 Å². The van der Waals surface area contributed by atoms with E-state index in [1.165, 1.54) is 0 Å². The molecule has 0 radical (unpaired) electrons. The summed E-state index contributed by atoms with van der Waals surface area (Å²) < 4.78 is 11.2. The van der Waals surface area contributed by atoms with Crippen LogP contribution in [0, 0.1) is 0 Å². The zero-order valence-electron chi connectivity index (χ0n) is 10.4. The molecule has 98 valence electrons. The summed E-state index contributed by atoms with van der Waals surface area (Å²) in [4.78, 5) is 0. The predicted octanol–water partition coefficient (Wildman–Crippen LogP) is 2.16. The van der Waals surface area contributed by atoms with Gasteiger partial charge in [0.2, 0.25) is 0 Å². The average molecular weight is 266 g/mol. The summed E-state index contributed by atoms with van der Waals surface area (Å²) in [6.07, 6.45) is 2.48. The Morgan fingerprint density at radius 3 is 2.83 bits per heavy atom. The molecule has 0 amide bonds. The average Bonchev–Trinajstić information content (AvgIpc) is 2.91. The van der Waals surface area contributed by atoms with E-state index in [0.29, 0.717) is 11.7 Å². The Labute approximate surface area is 113 Å². The number of hydrogen-bond donors (Lipinski definition) is 2. The van der Waals surface area contributed by atoms with Gasteiger partial charge in [-0.15, -0.1) is 0 Å². The monoisotopic (exact) mass is 266 g/mol. The second kappa shape index (κ2) is 6.56. The van der Waals surface area contributed by atoms with Gasteiger partial charge in [0, 0.05) is 19.3 Å². The van der Waals surface area contributed by atoms with E-state index in [2.05, 4.69) is 10.6 Å². The highest BCUT2D eigenvalue weighted by atomic mass is 32.1. The lowest BCUT2D eigenvalue weighted by atomic mass is 10.2. The highest BCUT2D eigenvalue weighted by Crippen LogP contribution is 2.18. The largest absolute Gasteiger partial charge is 0.491 e. The Balaban J connectivity index is 1.81. The lowest BCUT2D eigenvalue weighted by molar-refractivity contribution is 0.0679. The van der Waals surface area contributed by atoms with Gasteiger partial charge in [0.25, 0.3) is 0 Å². The van der Waals surface area contributed by atoms with E-state index in [-0.39, 0.29) is 6.10 Å². The number of nitrogens with one attached hydrogen (secondary N) is 2. The van der Waals surface area contributed by atoms with Gasteiger partial charge >= 0.3 is 0 Å². The van der Waals surface area contributed by atoms with Crippen molar-refractivity contribution in [1.82, 2.24) is 5.32 Å². The molecule has 1 aliphatic heterocycles. The first kappa shape index (κ1) is 13.1. The molecule has 4 nitrogen and oxygen atoms in total. The van der Waals surface area contributed by atoms with Gasteiger partial charge in [-0.3, -0.25) is 0 Å². The van der Waals surface area contributed by atoms with E-state index in [1.807, 2.05) is 24.3 Å². The zero-order chi connectivity index (χ0) is 12.8. The lowest BCUT2D eigenvalue weighted by Gasteiger charge is -2.12. The van der Waals surface area contributed by atoms with Crippen LogP contribution >= 0.6 is 12.2 Å². The summed E-state index contributed by atoms with van der Waals surface area (Å²) in [5, 5.41) is 6.52. The first-order valence-electron chi connectivity index (χ1n) is 6.11. The zero-order valence-corrected chi connectivity index (χ0v) is 11.3. The van der Waals surface area contributed by atoms with Crippen molar-refractivity contribution in [2.75, 3.05) is 25.6 Å². The third-order valence-electron chi connectivity index (χ3n) is 2.80. The van der Waals surface area contributed by atoms with Crippen LogP contribution in [0.4, 0.5) is 5.69 Å². The number of anilines is 1. The molecule has 2 N–H and O–H groups in total. The van der Waals surface area contributed by atoms with Crippen molar-refractivity contribution in [3.63, 3.8) is 0 Å². The smallest absolute Gasteiger partial charge is 0.170 e. The summed E-state index contributed by atoms with van der Waals surface area (Å²) in [7, 11) is 1.79. The molecule has 1 saturated heterocycles. The summed E-state index contributed by atoms with van der Waals surface area (Å²) in [6, 6.07) is 7.73. The molecule has 18 heavy (non-hydrogen) atoms. The molecule has 0 aromatic heterocycles. The van der Waals surface area contributed by atoms with Gasteiger partial charge in [-0.1, -0.05) is 0 Å². The molecule has 5 heteroatoms. The number of benzene rings is 1. The van der Waals surface area contributed by atoms with Crippen LogP contribution in [0.3, 0.4) is 0 Å². The number of ether oxygens (including phenoxy) is 2. The maximum atomic E-state index is 5.67. The summed E-state index contributed by atoms with van der Waals surface area (Å²) >= 11 is 5.02. The molecule has 0 saturated carbocycles. The van der Waals surface area contributed by atoms with Crippen LogP contribution in [0.1, 0.15) is 12.8 Å². The van der Waals surface area contributed by atoms with Crippen LogP contribution in [0.15, 0.2) is 24.3 Å². The molecule has 1 aromatic rings. The fraction of sp³-hybridized carbons (Fsp3) is 0.462. The normalized spacial score (nSPS) is 18.4. The molecule has 0 spiro atoms. The van der Waals surface area contributed by atoms with Gasteiger partial charge in [0.05, 0.1) is 6.10 Å². The van der Waals surface area contributed by atoms with E-state index in [1.54, 1.807) is 7.05 Å². The first-order valence-corrected chi connectivity index (χ1v) is 6.52. The second-order valence-electron chi connectivity index (χ2n) is 4.17. The van der Waals surface area contributed by atoms with Gasteiger partial charge in [-0.2, -0.15) is 0 Å². The Morgan fingerprint density at radius 1 is 1.44 bits per heavy atom. The number of thiocarbonyl (C=S) groups is 1. The molecular formula is C13H18N2O2S. The minimum Gasteiger partial charge on any atom is -0.491 e. The molecule has 2 rings (SSSR count). The quantitative estimate of drug-likeness (QED) is 0.818. The van der Waals surface area contributed by atoms with E-state index in [4.69, 9.17) is 21.7 Å². The minimum absolute atomic E-state index is 0.250. The first-order chi connectivity index (χ1) is 8.78. The van der Waals surface area contributed by atoms with Crippen molar-refractivity contribution < 1.29 is 9.47 Å². The molecule has 1 atom stereocenters. The van der Waals surface area contributed by atoms with Crippen molar-refractivity contribution in [2.24, 2.45) is 0 Å². The third kappa shape index (κ3) is 3.85. The van der Waals surface area contributed by atoms with Gasteiger partial charge < -0.3 is 20.1 Å². The molecular weight excluding hydrogens is 248 g/mol. The summed E-state index contributed by atoms with van der Waals surface area (Å²) in [5.41, 5.74) is 0.943. The van der Waals surface area contributed by atoms with Crippen LogP contribution in [0.2, 0.25) is 0 Å².